The van der Waals surface area contributed by atoms with Crippen LogP contribution in [0.15, 0.2) is 18.2 Å². The van der Waals surface area contributed by atoms with Crippen molar-refractivity contribution in [3.63, 3.8) is 0 Å². The first-order chi connectivity index (χ1) is 7.70. The largest absolute Gasteiger partial charge is 0.381 e. The van der Waals surface area contributed by atoms with Crippen LogP contribution in [-0.4, -0.2) is 19.0 Å². The fourth-order valence-electron chi connectivity index (χ4n) is 1.69. The minimum Gasteiger partial charge on any atom is -0.381 e. The number of carbonyl (C=O) groups excluding carboxylic acids is 1. The normalized spacial score (nSPS) is 15.4. The standard InChI is InChI=1S/C12H15ClN2O/c1-14-12(16)8-5-6-10(13)11(7-8)15-9-3-2-4-9/h5-7,9,15H,2-4H2,1H3,(H,14,16). The van der Waals surface area contributed by atoms with Gasteiger partial charge in [-0.2, -0.15) is 0 Å². The summed E-state index contributed by atoms with van der Waals surface area (Å²) in [5, 5.41) is 6.62. The van der Waals surface area contributed by atoms with Gasteiger partial charge in [0.05, 0.1) is 10.7 Å². The number of benzene rings is 1. The van der Waals surface area contributed by atoms with Crippen molar-refractivity contribution >= 4 is 23.2 Å². The van der Waals surface area contributed by atoms with Gasteiger partial charge < -0.3 is 10.6 Å². The fraction of sp³-hybridized carbons (Fsp3) is 0.417. The van der Waals surface area contributed by atoms with Gasteiger partial charge in [-0.05, 0) is 37.5 Å². The van der Waals surface area contributed by atoms with E-state index in [1.54, 1.807) is 25.2 Å². The van der Waals surface area contributed by atoms with E-state index < -0.39 is 0 Å². The minimum absolute atomic E-state index is 0.0895. The maximum atomic E-state index is 11.5. The molecule has 0 unspecified atom stereocenters. The predicted octanol–water partition coefficient (Wildman–Crippen LogP) is 2.66. The summed E-state index contributed by atoms with van der Waals surface area (Å²) in [6, 6.07) is 5.80. The van der Waals surface area contributed by atoms with Gasteiger partial charge in [0.1, 0.15) is 0 Å². The van der Waals surface area contributed by atoms with Crippen molar-refractivity contribution in [2.45, 2.75) is 25.3 Å². The van der Waals surface area contributed by atoms with Crippen LogP contribution in [0.25, 0.3) is 0 Å². The summed E-state index contributed by atoms with van der Waals surface area (Å²) < 4.78 is 0. The van der Waals surface area contributed by atoms with E-state index in [1.165, 1.54) is 19.3 Å². The quantitative estimate of drug-likeness (QED) is 0.850. The average molecular weight is 239 g/mol. The van der Waals surface area contributed by atoms with Gasteiger partial charge in [0.25, 0.3) is 5.91 Å². The second kappa shape index (κ2) is 4.74. The van der Waals surface area contributed by atoms with Crippen molar-refractivity contribution in [2.24, 2.45) is 0 Å². The van der Waals surface area contributed by atoms with Crippen molar-refractivity contribution in [3.05, 3.63) is 28.8 Å². The molecule has 1 saturated carbocycles. The monoisotopic (exact) mass is 238 g/mol. The Bertz CT molecular complexity index is 402. The molecule has 0 spiro atoms. The molecule has 1 aromatic carbocycles. The number of anilines is 1. The highest BCUT2D eigenvalue weighted by atomic mass is 35.5. The molecule has 0 aliphatic heterocycles. The molecule has 0 atom stereocenters. The number of amides is 1. The van der Waals surface area contributed by atoms with Gasteiger partial charge in [-0.25, -0.2) is 0 Å². The van der Waals surface area contributed by atoms with Crippen molar-refractivity contribution in [1.82, 2.24) is 5.32 Å². The molecule has 3 nitrogen and oxygen atoms in total. The smallest absolute Gasteiger partial charge is 0.251 e. The molecule has 0 aromatic heterocycles. The number of halogens is 1. The summed E-state index contributed by atoms with van der Waals surface area (Å²) in [5.74, 6) is -0.0895. The molecule has 1 fully saturated rings. The third-order valence-corrected chi connectivity index (χ3v) is 3.25. The molecule has 86 valence electrons. The third kappa shape index (κ3) is 2.30. The van der Waals surface area contributed by atoms with Gasteiger partial charge in [0.2, 0.25) is 0 Å². The van der Waals surface area contributed by atoms with Crippen LogP contribution in [0.1, 0.15) is 29.6 Å². The topological polar surface area (TPSA) is 41.1 Å². The molecular formula is C12H15ClN2O. The van der Waals surface area contributed by atoms with Crippen LogP contribution in [0.4, 0.5) is 5.69 Å². The lowest BCUT2D eigenvalue weighted by atomic mass is 9.93. The highest BCUT2D eigenvalue weighted by Gasteiger charge is 2.18. The van der Waals surface area contributed by atoms with Gasteiger partial charge in [-0.15, -0.1) is 0 Å². The van der Waals surface area contributed by atoms with Crippen LogP contribution in [0.2, 0.25) is 5.02 Å². The van der Waals surface area contributed by atoms with E-state index >= 15 is 0 Å². The van der Waals surface area contributed by atoms with Gasteiger partial charge >= 0.3 is 0 Å². The lowest BCUT2D eigenvalue weighted by Crippen LogP contribution is -2.27. The van der Waals surface area contributed by atoms with E-state index in [0.717, 1.165) is 5.69 Å². The summed E-state index contributed by atoms with van der Waals surface area (Å²) in [5.41, 5.74) is 1.49. The first-order valence-electron chi connectivity index (χ1n) is 5.49. The molecule has 0 bridgehead atoms. The number of hydrogen-bond donors (Lipinski definition) is 2. The predicted molar refractivity (Wildman–Crippen MR) is 66.1 cm³/mol. The molecule has 1 aliphatic carbocycles. The number of hydrogen-bond acceptors (Lipinski definition) is 2. The molecule has 1 aliphatic rings. The zero-order valence-electron chi connectivity index (χ0n) is 9.22. The zero-order valence-corrected chi connectivity index (χ0v) is 9.97. The van der Waals surface area contributed by atoms with E-state index in [9.17, 15) is 4.79 Å². The van der Waals surface area contributed by atoms with Crippen LogP contribution in [0, 0.1) is 0 Å². The highest BCUT2D eigenvalue weighted by molar-refractivity contribution is 6.33. The average Bonchev–Trinajstić information content (AvgIpc) is 2.24. The van der Waals surface area contributed by atoms with Crippen molar-refractivity contribution in [3.8, 4) is 0 Å². The summed E-state index contributed by atoms with van der Waals surface area (Å²) in [4.78, 5) is 11.5. The second-order valence-electron chi connectivity index (χ2n) is 4.05. The molecule has 0 heterocycles. The zero-order chi connectivity index (χ0) is 11.5. The van der Waals surface area contributed by atoms with Gasteiger partial charge in [-0.1, -0.05) is 11.6 Å². The SMILES string of the molecule is CNC(=O)c1ccc(Cl)c(NC2CCC2)c1. The molecule has 2 rings (SSSR count). The first kappa shape index (κ1) is 11.3. The van der Waals surface area contributed by atoms with Crippen molar-refractivity contribution < 1.29 is 4.79 Å². The second-order valence-corrected chi connectivity index (χ2v) is 4.45. The van der Waals surface area contributed by atoms with Crippen molar-refractivity contribution in [1.29, 1.82) is 0 Å². The Morgan fingerprint density at radius 2 is 2.19 bits per heavy atom. The molecule has 2 N–H and O–H groups in total. The van der Waals surface area contributed by atoms with Crippen LogP contribution < -0.4 is 10.6 Å². The summed E-state index contributed by atoms with van der Waals surface area (Å²) in [6.07, 6.45) is 3.63. The molecular weight excluding hydrogens is 224 g/mol. The van der Waals surface area contributed by atoms with E-state index in [1.807, 2.05) is 0 Å². The maximum absolute atomic E-state index is 11.5. The Morgan fingerprint density at radius 1 is 1.44 bits per heavy atom. The Labute approximate surface area is 100 Å². The lowest BCUT2D eigenvalue weighted by Gasteiger charge is -2.28. The van der Waals surface area contributed by atoms with Crippen molar-refractivity contribution in [2.75, 3.05) is 12.4 Å². The van der Waals surface area contributed by atoms with E-state index in [0.29, 0.717) is 16.6 Å². The minimum atomic E-state index is -0.0895. The Hall–Kier alpha value is -1.22. The van der Waals surface area contributed by atoms with Crippen LogP contribution in [0.3, 0.4) is 0 Å². The van der Waals surface area contributed by atoms with E-state index in [4.69, 9.17) is 11.6 Å². The fourth-order valence-corrected chi connectivity index (χ4v) is 1.87. The van der Waals surface area contributed by atoms with E-state index in [2.05, 4.69) is 10.6 Å². The summed E-state index contributed by atoms with van der Waals surface area (Å²) in [6.45, 7) is 0. The Balaban J connectivity index is 2.17. The molecule has 1 aromatic rings. The van der Waals surface area contributed by atoms with Crippen LogP contribution in [0.5, 0.6) is 0 Å². The Morgan fingerprint density at radius 3 is 2.75 bits per heavy atom. The molecule has 0 saturated heterocycles. The molecule has 0 radical (unpaired) electrons. The first-order valence-corrected chi connectivity index (χ1v) is 5.86. The third-order valence-electron chi connectivity index (χ3n) is 2.92. The molecule has 4 heteroatoms. The summed E-state index contributed by atoms with van der Waals surface area (Å²) in [7, 11) is 1.62. The van der Waals surface area contributed by atoms with Gasteiger partial charge in [0.15, 0.2) is 0 Å². The highest BCUT2D eigenvalue weighted by Crippen LogP contribution is 2.28. The molecule has 16 heavy (non-hydrogen) atoms. The number of nitrogens with one attached hydrogen (secondary N) is 2. The van der Waals surface area contributed by atoms with Crippen LogP contribution in [-0.2, 0) is 0 Å². The lowest BCUT2D eigenvalue weighted by molar-refractivity contribution is 0.0963. The maximum Gasteiger partial charge on any atom is 0.251 e. The summed E-state index contributed by atoms with van der Waals surface area (Å²) >= 11 is 6.08. The van der Waals surface area contributed by atoms with Gasteiger partial charge in [-0.3, -0.25) is 4.79 Å². The van der Waals surface area contributed by atoms with Gasteiger partial charge in [0, 0.05) is 18.7 Å². The van der Waals surface area contributed by atoms with E-state index in [-0.39, 0.29) is 5.91 Å². The molecule has 1 amide bonds. The number of carbonyl (C=O) groups is 1. The Kier molecular flexibility index (Phi) is 3.34. The number of rotatable bonds is 3. The van der Waals surface area contributed by atoms with Crippen LogP contribution >= 0.6 is 11.6 Å².